The molecule has 0 bridgehead atoms. The fraction of sp³-hybridized carbons (Fsp3) is 0.625. The molecule has 0 aliphatic heterocycles. The van der Waals surface area contributed by atoms with Crippen molar-refractivity contribution in [2.24, 2.45) is 5.73 Å². The second-order valence-electron chi connectivity index (χ2n) is 3.17. The fourth-order valence-electron chi connectivity index (χ4n) is 1.31. The molecule has 1 heterocycles. The van der Waals surface area contributed by atoms with Gasteiger partial charge in [0.1, 0.15) is 5.82 Å². The number of nitrogens with one attached hydrogen (secondary N) is 2. The zero-order valence-electron chi connectivity index (χ0n) is 9.40. The summed E-state index contributed by atoms with van der Waals surface area (Å²) < 4.78 is 27.4. The number of hydrogen-bond donors (Lipinski definition) is 3. The summed E-state index contributed by atoms with van der Waals surface area (Å²) in [6, 6.07) is 0. The number of nitrogens with zero attached hydrogens (tertiary/aromatic N) is 2. The van der Waals surface area contributed by atoms with Crippen LogP contribution in [-0.2, 0) is 16.8 Å². The molecule has 1 aromatic heterocycles. The molecular formula is C8H17N5O2S. The van der Waals surface area contributed by atoms with Crippen LogP contribution >= 0.6 is 0 Å². The second kappa shape index (κ2) is 5.28. The Bertz CT molecular complexity index is 423. The van der Waals surface area contributed by atoms with E-state index in [4.69, 9.17) is 5.73 Å². The number of rotatable bonds is 6. The first-order chi connectivity index (χ1) is 7.55. The second-order valence-corrected chi connectivity index (χ2v) is 4.84. The van der Waals surface area contributed by atoms with Gasteiger partial charge in [-0.25, -0.2) is 0 Å². The van der Waals surface area contributed by atoms with Gasteiger partial charge in [-0.1, -0.05) is 13.8 Å². The third-order valence-electron chi connectivity index (χ3n) is 2.21. The monoisotopic (exact) mass is 247 g/mol. The molecule has 0 fully saturated rings. The van der Waals surface area contributed by atoms with E-state index in [-0.39, 0.29) is 6.54 Å². The van der Waals surface area contributed by atoms with Crippen molar-refractivity contribution in [1.82, 2.24) is 14.5 Å². The van der Waals surface area contributed by atoms with E-state index in [1.807, 2.05) is 0 Å². The SMILES string of the molecule is CCN(CC)S(=O)(=O)Nc1[nH]ncc1CN. The molecule has 0 radical (unpaired) electrons. The van der Waals surface area contributed by atoms with Gasteiger partial charge < -0.3 is 5.73 Å². The fourth-order valence-corrected chi connectivity index (χ4v) is 2.55. The minimum Gasteiger partial charge on any atom is -0.326 e. The predicted molar refractivity (Wildman–Crippen MR) is 61.9 cm³/mol. The minimum absolute atomic E-state index is 0.229. The number of H-pyrrole nitrogens is 1. The van der Waals surface area contributed by atoms with Gasteiger partial charge in [0, 0.05) is 25.2 Å². The van der Waals surface area contributed by atoms with Crippen LogP contribution in [-0.4, -0.2) is 36.0 Å². The van der Waals surface area contributed by atoms with Crippen molar-refractivity contribution in [3.63, 3.8) is 0 Å². The lowest BCUT2D eigenvalue weighted by atomic mass is 10.3. The maximum absolute atomic E-state index is 11.9. The summed E-state index contributed by atoms with van der Waals surface area (Å²) in [4.78, 5) is 0. The van der Waals surface area contributed by atoms with Crippen molar-refractivity contribution in [3.05, 3.63) is 11.8 Å². The molecule has 0 aliphatic carbocycles. The minimum atomic E-state index is -3.52. The van der Waals surface area contributed by atoms with Crippen molar-refractivity contribution in [1.29, 1.82) is 0 Å². The lowest BCUT2D eigenvalue weighted by molar-refractivity contribution is 0.449. The Hall–Kier alpha value is -1.12. The smallest absolute Gasteiger partial charge is 0.302 e. The van der Waals surface area contributed by atoms with Crippen LogP contribution in [0.1, 0.15) is 19.4 Å². The van der Waals surface area contributed by atoms with Gasteiger partial charge in [-0.2, -0.15) is 17.8 Å². The van der Waals surface area contributed by atoms with E-state index in [0.717, 1.165) is 0 Å². The maximum atomic E-state index is 11.9. The Kier molecular flexibility index (Phi) is 4.27. The van der Waals surface area contributed by atoms with Crippen molar-refractivity contribution >= 4 is 16.0 Å². The van der Waals surface area contributed by atoms with E-state index in [2.05, 4.69) is 14.9 Å². The van der Waals surface area contributed by atoms with Crippen LogP contribution in [0.4, 0.5) is 5.82 Å². The van der Waals surface area contributed by atoms with E-state index in [0.29, 0.717) is 24.5 Å². The summed E-state index contributed by atoms with van der Waals surface area (Å²) in [5, 5.41) is 6.31. The van der Waals surface area contributed by atoms with Crippen molar-refractivity contribution in [2.45, 2.75) is 20.4 Å². The van der Waals surface area contributed by atoms with Crippen LogP contribution in [0.5, 0.6) is 0 Å². The van der Waals surface area contributed by atoms with Crippen LogP contribution in [0.3, 0.4) is 0 Å². The normalized spacial score (nSPS) is 12.0. The molecule has 1 rings (SSSR count). The Balaban J connectivity index is 2.88. The van der Waals surface area contributed by atoms with E-state index in [1.54, 1.807) is 13.8 Å². The van der Waals surface area contributed by atoms with E-state index >= 15 is 0 Å². The number of hydrogen-bond acceptors (Lipinski definition) is 4. The quantitative estimate of drug-likeness (QED) is 0.651. The molecule has 0 atom stereocenters. The highest BCUT2D eigenvalue weighted by atomic mass is 32.2. The Labute approximate surface area is 95.2 Å². The van der Waals surface area contributed by atoms with Gasteiger partial charge in [-0.3, -0.25) is 9.82 Å². The van der Waals surface area contributed by atoms with Gasteiger partial charge in [-0.15, -0.1) is 0 Å². The summed E-state index contributed by atoms with van der Waals surface area (Å²) in [5.74, 6) is 0.328. The Morgan fingerprint density at radius 1 is 1.50 bits per heavy atom. The van der Waals surface area contributed by atoms with E-state index in [9.17, 15) is 8.42 Å². The van der Waals surface area contributed by atoms with Crippen LogP contribution in [0.25, 0.3) is 0 Å². The highest BCUT2D eigenvalue weighted by Gasteiger charge is 2.20. The Morgan fingerprint density at radius 3 is 2.62 bits per heavy atom. The molecule has 7 nitrogen and oxygen atoms in total. The summed E-state index contributed by atoms with van der Waals surface area (Å²) >= 11 is 0. The van der Waals surface area contributed by atoms with E-state index < -0.39 is 10.2 Å². The van der Waals surface area contributed by atoms with Gasteiger partial charge >= 0.3 is 10.2 Å². The molecular weight excluding hydrogens is 230 g/mol. The van der Waals surface area contributed by atoms with Gasteiger partial charge in [0.15, 0.2) is 0 Å². The van der Waals surface area contributed by atoms with Crippen LogP contribution in [0.15, 0.2) is 6.20 Å². The molecule has 0 saturated carbocycles. The molecule has 0 saturated heterocycles. The highest BCUT2D eigenvalue weighted by Crippen LogP contribution is 2.13. The summed E-state index contributed by atoms with van der Waals surface area (Å²) in [7, 11) is -3.52. The number of anilines is 1. The molecule has 4 N–H and O–H groups in total. The number of aromatic amines is 1. The molecule has 0 unspecified atom stereocenters. The zero-order chi connectivity index (χ0) is 12.2. The van der Waals surface area contributed by atoms with Gasteiger partial charge in [-0.05, 0) is 0 Å². The molecule has 0 spiro atoms. The molecule has 0 amide bonds. The largest absolute Gasteiger partial charge is 0.326 e. The molecule has 16 heavy (non-hydrogen) atoms. The zero-order valence-corrected chi connectivity index (χ0v) is 10.2. The summed E-state index contributed by atoms with van der Waals surface area (Å²) in [6.07, 6.45) is 1.50. The standard InChI is InChI=1S/C8H17N5O2S/c1-3-13(4-2)16(14,15)12-8-7(5-9)6-10-11-8/h6H,3-5,9H2,1-2H3,(H2,10,11,12). The molecule has 1 aromatic rings. The third-order valence-corrected chi connectivity index (χ3v) is 3.87. The maximum Gasteiger partial charge on any atom is 0.302 e. The average molecular weight is 247 g/mol. The number of aromatic nitrogens is 2. The molecule has 0 aliphatic rings. The molecule has 92 valence electrons. The first-order valence-corrected chi connectivity index (χ1v) is 6.49. The molecule has 8 heteroatoms. The first-order valence-electron chi connectivity index (χ1n) is 5.05. The van der Waals surface area contributed by atoms with Gasteiger partial charge in [0.2, 0.25) is 0 Å². The lowest BCUT2D eigenvalue weighted by Gasteiger charge is -2.18. The van der Waals surface area contributed by atoms with Crippen molar-refractivity contribution < 1.29 is 8.42 Å². The Morgan fingerprint density at radius 2 is 2.12 bits per heavy atom. The first kappa shape index (κ1) is 12.9. The number of nitrogens with two attached hydrogens (primary N) is 1. The highest BCUT2D eigenvalue weighted by molar-refractivity contribution is 7.90. The average Bonchev–Trinajstić information content (AvgIpc) is 2.65. The molecule has 0 aromatic carbocycles. The van der Waals surface area contributed by atoms with Crippen LogP contribution in [0, 0.1) is 0 Å². The van der Waals surface area contributed by atoms with E-state index in [1.165, 1.54) is 10.5 Å². The predicted octanol–water partition coefficient (Wildman–Crippen LogP) is -0.133. The summed E-state index contributed by atoms with van der Waals surface area (Å²) in [6.45, 7) is 4.61. The van der Waals surface area contributed by atoms with Crippen LogP contribution in [0.2, 0.25) is 0 Å². The van der Waals surface area contributed by atoms with Crippen LogP contribution < -0.4 is 10.5 Å². The van der Waals surface area contributed by atoms with Gasteiger partial charge in [0.05, 0.1) is 6.20 Å². The lowest BCUT2D eigenvalue weighted by Crippen LogP contribution is -2.35. The van der Waals surface area contributed by atoms with Gasteiger partial charge in [0.25, 0.3) is 0 Å². The summed E-state index contributed by atoms with van der Waals surface area (Å²) in [5.41, 5.74) is 6.08. The third kappa shape index (κ3) is 2.71. The topological polar surface area (TPSA) is 104 Å². The van der Waals surface area contributed by atoms with Crippen molar-refractivity contribution in [2.75, 3.05) is 17.8 Å². The van der Waals surface area contributed by atoms with Crippen molar-refractivity contribution in [3.8, 4) is 0 Å².